The highest BCUT2D eigenvalue weighted by Gasteiger charge is 2.28. The maximum absolute atomic E-state index is 13.0. The Balaban J connectivity index is 1.41. The Morgan fingerprint density at radius 1 is 1.26 bits per heavy atom. The van der Waals surface area contributed by atoms with Crippen LogP contribution in [-0.2, 0) is 6.54 Å². The van der Waals surface area contributed by atoms with Crippen LogP contribution in [0.2, 0.25) is 0 Å². The van der Waals surface area contributed by atoms with E-state index in [-0.39, 0.29) is 30.1 Å². The number of piperidine rings is 1. The van der Waals surface area contributed by atoms with Gasteiger partial charge in [-0.1, -0.05) is 12.1 Å². The molecule has 3 aromatic rings. The lowest BCUT2D eigenvalue weighted by atomic mass is 9.96. The first-order valence-corrected chi connectivity index (χ1v) is 10.2. The molecule has 0 spiro atoms. The summed E-state index contributed by atoms with van der Waals surface area (Å²) < 4.78 is 13.0. The molecule has 31 heavy (non-hydrogen) atoms. The summed E-state index contributed by atoms with van der Waals surface area (Å²) in [6, 6.07) is 7.62. The zero-order valence-electron chi connectivity index (χ0n) is 17.1. The Morgan fingerprint density at radius 2 is 2.06 bits per heavy atom. The molecular weight excluding hydrogens is 399 g/mol. The highest BCUT2D eigenvalue weighted by Crippen LogP contribution is 2.25. The Kier molecular flexibility index (Phi) is 6.01. The van der Waals surface area contributed by atoms with Crippen LogP contribution >= 0.6 is 0 Å². The summed E-state index contributed by atoms with van der Waals surface area (Å²) in [6.45, 7) is 3.26. The number of hydrogen-bond acceptors (Lipinski definition) is 5. The molecule has 0 saturated carbocycles. The molecule has 0 radical (unpaired) electrons. The van der Waals surface area contributed by atoms with Crippen molar-refractivity contribution in [1.82, 2.24) is 30.4 Å². The van der Waals surface area contributed by atoms with Crippen LogP contribution in [0.3, 0.4) is 0 Å². The molecule has 1 fully saturated rings. The lowest BCUT2D eigenvalue weighted by Crippen LogP contribution is -2.39. The maximum atomic E-state index is 13.0. The summed E-state index contributed by atoms with van der Waals surface area (Å²) in [5.41, 5.74) is 2.24. The van der Waals surface area contributed by atoms with Crippen LogP contribution < -0.4 is 5.32 Å². The molecule has 8 nitrogen and oxygen atoms in total. The van der Waals surface area contributed by atoms with Crippen LogP contribution in [0.4, 0.5) is 4.39 Å². The quantitative estimate of drug-likeness (QED) is 0.658. The summed E-state index contributed by atoms with van der Waals surface area (Å²) in [6.07, 6.45) is 4.82. The summed E-state index contributed by atoms with van der Waals surface area (Å²) in [5.74, 6) is -0.0448. The fourth-order valence-electron chi connectivity index (χ4n) is 3.70. The number of aromatic nitrogens is 4. The third kappa shape index (κ3) is 4.76. The second-order valence-corrected chi connectivity index (χ2v) is 7.60. The van der Waals surface area contributed by atoms with E-state index in [0.717, 1.165) is 18.4 Å². The molecule has 160 valence electrons. The van der Waals surface area contributed by atoms with Gasteiger partial charge in [0.05, 0.1) is 11.3 Å². The van der Waals surface area contributed by atoms with Crippen molar-refractivity contribution in [3.63, 3.8) is 0 Å². The number of halogens is 1. The van der Waals surface area contributed by atoms with Crippen molar-refractivity contribution in [3.05, 3.63) is 76.9 Å². The number of rotatable bonds is 5. The van der Waals surface area contributed by atoms with Gasteiger partial charge in [-0.2, -0.15) is 5.10 Å². The van der Waals surface area contributed by atoms with Crippen molar-refractivity contribution in [1.29, 1.82) is 0 Å². The number of nitrogens with zero attached hydrogens (tertiary/aromatic N) is 4. The molecule has 1 aromatic carbocycles. The van der Waals surface area contributed by atoms with Gasteiger partial charge < -0.3 is 10.2 Å². The fraction of sp³-hybridized carbons (Fsp3) is 0.318. The van der Waals surface area contributed by atoms with Crippen LogP contribution in [-0.4, -0.2) is 50.0 Å². The van der Waals surface area contributed by atoms with Crippen LogP contribution in [0.25, 0.3) is 0 Å². The van der Waals surface area contributed by atoms with Crippen molar-refractivity contribution < 1.29 is 14.0 Å². The number of H-pyrrole nitrogens is 1. The van der Waals surface area contributed by atoms with Crippen LogP contribution in [0.1, 0.15) is 56.7 Å². The van der Waals surface area contributed by atoms with Gasteiger partial charge in [-0.3, -0.25) is 14.7 Å². The average molecular weight is 422 g/mol. The highest BCUT2D eigenvalue weighted by atomic mass is 19.1. The predicted molar refractivity (Wildman–Crippen MR) is 111 cm³/mol. The van der Waals surface area contributed by atoms with Gasteiger partial charge >= 0.3 is 0 Å². The van der Waals surface area contributed by atoms with Gasteiger partial charge in [0.25, 0.3) is 11.8 Å². The summed E-state index contributed by atoms with van der Waals surface area (Å²) in [4.78, 5) is 35.9. The topological polar surface area (TPSA) is 104 Å². The first-order chi connectivity index (χ1) is 15.0. The SMILES string of the molecule is Cc1nc([C@@H]2CCCN(C(=O)c3ccn[nH]3)C2)ncc1C(=O)NCc1ccc(F)cc1. The van der Waals surface area contributed by atoms with E-state index >= 15 is 0 Å². The average Bonchev–Trinajstić information content (AvgIpc) is 3.33. The number of aryl methyl sites for hydroxylation is 1. The Bertz CT molecular complexity index is 1070. The van der Waals surface area contributed by atoms with Gasteiger partial charge in [0, 0.05) is 37.9 Å². The highest BCUT2D eigenvalue weighted by molar-refractivity contribution is 5.94. The molecule has 1 atom stereocenters. The normalized spacial score (nSPS) is 16.2. The lowest BCUT2D eigenvalue weighted by molar-refractivity contribution is 0.0698. The molecule has 0 aliphatic carbocycles. The van der Waals surface area contributed by atoms with Crippen molar-refractivity contribution in [2.75, 3.05) is 13.1 Å². The number of nitrogens with one attached hydrogen (secondary N) is 2. The largest absolute Gasteiger partial charge is 0.348 e. The van der Waals surface area contributed by atoms with Gasteiger partial charge in [-0.15, -0.1) is 0 Å². The smallest absolute Gasteiger partial charge is 0.271 e. The van der Waals surface area contributed by atoms with Gasteiger partial charge in [-0.05, 0) is 43.5 Å². The minimum atomic E-state index is -0.317. The number of carbonyl (C=O) groups is 2. The van der Waals surface area contributed by atoms with Gasteiger partial charge in [0.2, 0.25) is 0 Å². The fourth-order valence-corrected chi connectivity index (χ4v) is 3.70. The Hall–Kier alpha value is -3.62. The first-order valence-electron chi connectivity index (χ1n) is 10.2. The van der Waals surface area contributed by atoms with Crippen molar-refractivity contribution in [2.24, 2.45) is 0 Å². The number of carbonyl (C=O) groups excluding carboxylic acids is 2. The number of hydrogen-bond donors (Lipinski definition) is 2. The van der Waals surface area contributed by atoms with E-state index in [2.05, 4.69) is 25.5 Å². The molecule has 1 aliphatic rings. The zero-order valence-corrected chi connectivity index (χ0v) is 17.1. The third-order valence-electron chi connectivity index (χ3n) is 5.41. The standard InChI is InChI=1S/C22H23FN6O2/c1-14-18(21(30)25-11-15-4-6-17(23)7-5-15)12-24-20(27-14)16-3-2-10-29(13-16)22(31)19-8-9-26-28-19/h4-9,12,16H,2-3,10-11,13H2,1H3,(H,25,30)(H,26,28)/t16-/m1/s1. The predicted octanol–water partition coefficient (Wildman–Crippen LogP) is 2.60. The minimum absolute atomic E-state index is 0.00986. The van der Waals surface area contributed by atoms with E-state index in [1.807, 2.05) is 0 Å². The molecule has 0 bridgehead atoms. The number of benzene rings is 1. The molecule has 9 heteroatoms. The van der Waals surface area contributed by atoms with E-state index in [1.54, 1.807) is 36.2 Å². The summed E-state index contributed by atoms with van der Waals surface area (Å²) in [5, 5.41) is 9.36. The third-order valence-corrected chi connectivity index (χ3v) is 5.41. The zero-order chi connectivity index (χ0) is 21.8. The van der Waals surface area contributed by atoms with Gasteiger partial charge in [0.15, 0.2) is 0 Å². The van der Waals surface area contributed by atoms with Gasteiger partial charge in [-0.25, -0.2) is 14.4 Å². The van der Waals surface area contributed by atoms with E-state index in [1.165, 1.54) is 18.3 Å². The number of likely N-dealkylation sites (tertiary alicyclic amines) is 1. The first kappa shape index (κ1) is 20.6. The number of aromatic amines is 1. The van der Waals surface area contributed by atoms with E-state index in [0.29, 0.717) is 35.9 Å². The minimum Gasteiger partial charge on any atom is -0.348 e. The second kappa shape index (κ2) is 9.03. The summed E-state index contributed by atoms with van der Waals surface area (Å²) in [7, 11) is 0. The molecule has 3 heterocycles. The molecule has 4 rings (SSSR count). The molecule has 1 aliphatic heterocycles. The summed E-state index contributed by atoms with van der Waals surface area (Å²) >= 11 is 0. The lowest BCUT2D eigenvalue weighted by Gasteiger charge is -2.31. The van der Waals surface area contributed by atoms with E-state index in [9.17, 15) is 14.0 Å². The van der Waals surface area contributed by atoms with Gasteiger partial charge in [0.1, 0.15) is 17.3 Å². The molecule has 2 amide bonds. The Morgan fingerprint density at radius 3 is 2.77 bits per heavy atom. The van der Waals surface area contributed by atoms with Crippen molar-refractivity contribution in [2.45, 2.75) is 32.2 Å². The number of amides is 2. The van der Waals surface area contributed by atoms with E-state index in [4.69, 9.17) is 0 Å². The van der Waals surface area contributed by atoms with Crippen LogP contribution in [0, 0.1) is 12.7 Å². The molecule has 0 unspecified atom stereocenters. The monoisotopic (exact) mass is 422 g/mol. The van der Waals surface area contributed by atoms with E-state index < -0.39 is 0 Å². The van der Waals surface area contributed by atoms with Crippen molar-refractivity contribution in [3.8, 4) is 0 Å². The Labute approximate surface area is 178 Å². The second-order valence-electron chi connectivity index (χ2n) is 7.60. The molecule has 2 N–H and O–H groups in total. The van der Waals surface area contributed by atoms with Crippen LogP contribution in [0.5, 0.6) is 0 Å². The molecule has 2 aromatic heterocycles. The van der Waals surface area contributed by atoms with Crippen molar-refractivity contribution >= 4 is 11.8 Å². The van der Waals surface area contributed by atoms with Crippen LogP contribution in [0.15, 0.2) is 42.7 Å². The maximum Gasteiger partial charge on any atom is 0.271 e. The molecular formula is C22H23FN6O2. The molecule has 1 saturated heterocycles.